The molecule has 18 heavy (non-hydrogen) atoms. The molecule has 5 nitrogen and oxygen atoms in total. The van der Waals surface area contributed by atoms with Gasteiger partial charge in [0.2, 0.25) is 0 Å². The first kappa shape index (κ1) is 12.7. The molecule has 0 aliphatic heterocycles. The summed E-state index contributed by atoms with van der Waals surface area (Å²) in [7, 11) is 1.97. The fourth-order valence-electron chi connectivity index (χ4n) is 1.93. The van der Waals surface area contributed by atoms with E-state index in [-0.39, 0.29) is 0 Å². The molecule has 1 N–H and O–H groups in total. The van der Waals surface area contributed by atoms with Crippen LogP contribution in [0.25, 0.3) is 0 Å². The molecule has 2 aromatic heterocycles. The molecule has 0 fully saturated rings. The summed E-state index contributed by atoms with van der Waals surface area (Å²) in [5, 5.41) is 12.2. The number of aryl methyl sites for hydroxylation is 3. The van der Waals surface area contributed by atoms with E-state index < -0.39 is 0 Å². The van der Waals surface area contributed by atoms with Gasteiger partial charge in [-0.25, -0.2) is 0 Å². The van der Waals surface area contributed by atoms with Crippen LogP contribution in [0.5, 0.6) is 0 Å². The Morgan fingerprint density at radius 2 is 2.06 bits per heavy atom. The van der Waals surface area contributed by atoms with Crippen LogP contribution in [0.2, 0.25) is 0 Å². The predicted molar refractivity (Wildman–Crippen MR) is 72.6 cm³/mol. The number of nitrogens with one attached hydrogen (secondary N) is 1. The highest BCUT2D eigenvalue weighted by molar-refractivity contribution is 5.46. The maximum atomic E-state index is 4.49. The minimum Gasteiger partial charge on any atom is -0.377 e. The van der Waals surface area contributed by atoms with E-state index in [1.54, 1.807) is 0 Å². The summed E-state index contributed by atoms with van der Waals surface area (Å²) in [6.45, 7) is 9.13. The summed E-state index contributed by atoms with van der Waals surface area (Å²) in [5.41, 5.74) is 4.53. The smallest absolute Gasteiger partial charge is 0.0825 e. The van der Waals surface area contributed by atoms with Crippen molar-refractivity contribution in [2.24, 2.45) is 7.05 Å². The quantitative estimate of drug-likeness (QED) is 0.902. The number of hydrogen-bond acceptors (Lipinski definition) is 3. The van der Waals surface area contributed by atoms with E-state index >= 15 is 0 Å². The van der Waals surface area contributed by atoms with Gasteiger partial charge in [-0.15, -0.1) is 0 Å². The highest BCUT2D eigenvalue weighted by atomic mass is 15.3. The molecule has 0 saturated heterocycles. The molecule has 0 saturated carbocycles. The first-order valence-corrected chi connectivity index (χ1v) is 6.26. The van der Waals surface area contributed by atoms with Gasteiger partial charge in [0.05, 0.1) is 29.8 Å². The first-order valence-electron chi connectivity index (χ1n) is 6.26. The summed E-state index contributed by atoms with van der Waals surface area (Å²) in [4.78, 5) is 0. The Morgan fingerprint density at radius 3 is 2.56 bits per heavy atom. The Labute approximate surface area is 108 Å². The van der Waals surface area contributed by atoms with Gasteiger partial charge in [-0.05, 0) is 33.3 Å². The third-order valence-corrected chi connectivity index (χ3v) is 3.16. The summed E-state index contributed by atoms with van der Waals surface area (Å²) in [5.74, 6) is 0. The van der Waals surface area contributed by atoms with Crippen molar-refractivity contribution in [3.8, 4) is 0 Å². The molecule has 0 radical (unpaired) electrons. The number of hydrogen-bond donors (Lipinski definition) is 1. The molecule has 0 bridgehead atoms. The molecule has 98 valence electrons. The summed E-state index contributed by atoms with van der Waals surface area (Å²) in [6.07, 6.45) is 3.95. The maximum absolute atomic E-state index is 4.49. The zero-order valence-corrected chi connectivity index (χ0v) is 11.7. The van der Waals surface area contributed by atoms with Gasteiger partial charge < -0.3 is 5.32 Å². The van der Waals surface area contributed by atoms with Crippen LogP contribution in [0.4, 0.5) is 5.69 Å². The molecule has 0 aromatic carbocycles. The van der Waals surface area contributed by atoms with Crippen LogP contribution in [-0.4, -0.2) is 19.6 Å². The monoisotopic (exact) mass is 247 g/mol. The molecule has 2 aromatic rings. The van der Waals surface area contributed by atoms with E-state index in [2.05, 4.69) is 42.5 Å². The van der Waals surface area contributed by atoms with Crippen molar-refractivity contribution in [3.05, 3.63) is 29.3 Å². The number of aromatic nitrogens is 4. The fourth-order valence-corrected chi connectivity index (χ4v) is 1.93. The molecule has 5 heteroatoms. The van der Waals surface area contributed by atoms with Gasteiger partial charge >= 0.3 is 0 Å². The molecule has 0 spiro atoms. The third kappa shape index (κ3) is 2.39. The van der Waals surface area contributed by atoms with Gasteiger partial charge in [0.25, 0.3) is 0 Å². The lowest BCUT2D eigenvalue weighted by Crippen LogP contribution is -2.07. The van der Waals surface area contributed by atoms with Gasteiger partial charge in [-0.1, -0.05) is 0 Å². The largest absolute Gasteiger partial charge is 0.377 e. The van der Waals surface area contributed by atoms with E-state index in [1.165, 1.54) is 11.3 Å². The summed E-state index contributed by atoms with van der Waals surface area (Å²) in [6, 6.07) is 0.387. The lowest BCUT2D eigenvalue weighted by atomic mass is 10.2. The van der Waals surface area contributed by atoms with Crippen molar-refractivity contribution in [3.63, 3.8) is 0 Å². The molecular formula is C13H21N5. The minimum atomic E-state index is 0.387. The van der Waals surface area contributed by atoms with Gasteiger partial charge in [-0.2, -0.15) is 10.2 Å². The van der Waals surface area contributed by atoms with Crippen LogP contribution in [0, 0.1) is 13.8 Å². The van der Waals surface area contributed by atoms with Crippen LogP contribution in [0.3, 0.4) is 0 Å². The molecular weight excluding hydrogens is 226 g/mol. The lowest BCUT2D eigenvalue weighted by Gasteiger charge is -2.07. The van der Waals surface area contributed by atoms with Gasteiger partial charge in [0.15, 0.2) is 0 Å². The van der Waals surface area contributed by atoms with Crippen molar-refractivity contribution in [2.45, 2.75) is 40.3 Å². The average molecular weight is 247 g/mol. The predicted octanol–water partition coefficient (Wildman–Crippen LogP) is 2.43. The highest BCUT2D eigenvalue weighted by Crippen LogP contribution is 2.17. The Kier molecular flexibility index (Phi) is 3.41. The average Bonchev–Trinajstić information content (AvgIpc) is 2.82. The standard InChI is InChI=1S/C13H21N5/c1-9(2)18-8-12(11(4)16-18)14-7-13-10(3)6-15-17(13)5/h6,8-9,14H,7H2,1-5H3. The number of nitrogens with zero attached hydrogens (tertiary/aromatic N) is 4. The van der Waals surface area contributed by atoms with Crippen LogP contribution in [0.15, 0.2) is 12.4 Å². The maximum Gasteiger partial charge on any atom is 0.0825 e. The van der Waals surface area contributed by atoms with E-state index in [9.17, 15) is 0 Å². The van der Waals surface area contributed by atoms with Crippen LogP contribution in [-0.2, 0) is 13.6 Å². The first-order chi connectivity index (χ1) is 8.49. The van der Waals surface area contributed by atoms with Crippen molar-refractivity contribution >= 4 is 5.69 Å². The highest BCUT2D eigenvalue weighted by Gasteiger charge is 2.09. The summed E-state index contributed by atoms with van der Waals surface area (Å²) >= 11 is 0. The Morgan fingerprint density at radius 1 is 1.33 bits per heavy atom. The Bertz CT molecular complexity index is 516. The Balaban J connectivity index is 2.11. The van der Waals surface area contributed by atoms with Crippen molar-refractivity contribution < 1.29 is 0 Å². The molecule has 2 rings (SSSR count). The molecule has 2 heterocycles. The second-order valence-corrected chi connectivity index (χ2v) is 4.95. The summed E-state index contributed by atoms with van der Waals surface area (Å²) < 4.78 is 3.89. The number of anilines is 1. The molecule has 0 atom stereocenters. The van der Waals surface area contributed by atoms with E-state index in [4.69, 9.17) is 0 Å². The van der Waals surface area contributed by atoms with Gasteiger partial charge in [0, 0.05) is 19.3 Å². The normalized spacial score (nSPS) is 11.2. The molecule has 0 aliphatic carbocycles. The van der Waals surface area contributed by atoms with Crippen LogP contribution >= 0.6 is 0 Å². The second-order valence-electron chi connectivity index (χ2n) is 4.95. The van der Waals surface area contributed by atoms with Gasteiger partial charge in [0.1, 0.15) is 0 Å². The van der Waals surface area contributed by atoms with E-state index in [1.807, 2.05) is 29.5 Å². The van der Waals surface area contributed by atoms with Crippen molar-refractivity contribution in [2.75, 3.05) is 5.32 Å². The molecule has 0 aliphatic rings. The van der Waals surface area contributed by atoms with E-state index in [0.717, 1.165) is 17.9 Å². The lowest BCUT2D eigenvalue weighted by molar-refractivity contribution is 0.529. The SMILES string of the molecule is Cc1cnn(C)c1CNc1cn(C(C)C)nc1C. The Hall–Kier alpha value is -1.78. The zero-order chi connectivity index (χ0) is 13.3. The number of rotatable bonds is 4. The fraction of sp³-hybridized carbons (Fsp3) is 0.538. The van der Waals surface area contributed by atoms with Crippen LogP contribution < -0.4 is 5.32 Å². The van der Waals surface area contributed by atoms with Gasteiger partial charge in [-0.3, -0.25) is 9.36 Å². The third-order valence-electron chi connectivity index (χ3n) is 3.16. The molecule has 0 amide bonds. The van der Waals surface area contributed by atoms with Crippen LogP contribution in [0.1, 0.15) is 36.8 Å². The van der Waals surface area contributed by atoms with Crippen molar-refractivity contribution in [1.82, 2.24) is 19.6 Å². The molecule has 0 unspecified atom stereocenters. The second kappa shape index (κ2) is 4.84. The van der Waals surface area contributed by atoms with Crippen molar-refractivity contribution in [1.29, 1.82) is 0 Å². The minimum absolute atomic E-state index is 0.387. The zero-order valence-electron chi connectivity index (χ0n) is 11.7. The van der Waals surface area contributed by atoms with E-state index in [0.29, 0.717) is 6.04 Å². The topological polar surface area (TPSA) is 47.7 Å².